The van der Waals surface area contributed by atoms with Crippen molar-refractivity contribution in [1.29, 1.82) is 0 Å². The van der Waals surface area contributed by atoms with Crippen LogP contribution in [-0.2, 0) is 19.0 Å². The number of hydrogen-bond donors (Lipinski definition) is 0. The Bertz CT molecular complexity index is 1080. The molecule has 2 unspecified atom stereocenters. The fourth-order valence-electron chi connectivity index (χ4n) is 4.82. The molecule has 1 fully saturated rings. The van der Waals surface area contributed by atoms with E-state index < -0.39 is 11.7 Å². The summed E-state index contributed by atoms with van der Waals surface area (Å²) in [5.41, 5.74) is 4.47. The summed E-state index contributed by atoms with van der Waals surface area (Å²) in [6, 6.07) is 23.4. The Hall–Kier alpha value is -2.95. The van der Waals surface area contributed by atoms with Crippen molar-refractivity contribution in [2.45, 2.75) is 44.4 Å². The van der Waals surface area contributed by atoms with Crippen LogP contribution in [0.15, 0.2) is 72.8 Å². The van der Waals surface area contributed by atoms with E-state index in [4.69, 9.17) is 0 Å². The molecule has 2 aliphatic heterocycles. The lowest BCUT2D eigenvalue weighted by atomic mass is 10.0. The van der Waals surface area contributed by atoms with Crippen LogP contribution in [0.3, 0.4) is 0 Å². The molecule has 1 saturated heterocycles. The zero-order valence-electron chi connectivity index (χ0n) is 17.4. The van der Waals surface area contributed by atoms with Crippen molar-refractivity contribution in [3.63, 3.8) is 0 Å². The molecule has 2 atom stereocenters. The summed E-state index contributed by atoms with van der Waals surface area (Å²) in [6.45, 7) is 3.27. The van der Waals surface area contributed by atoms with E-state index in [0.29, 0.717) is 12.5 Å². The van der Waals surface area contributed by atoms with Gasteiger partial charge < -0.3 is 9.80 Å². The van der Waals surface area contributed by atoms with Gasteiger partial charge in [-0.3, -0.25) is 0 Å². The van der Waals surface area contributed by atoms with E-state index in [2.05, 4.69) is 53.1 Å². The molecule has 2 nitrogen and oxygen atoms in total. The van der Waals surface area contributed by atoms with Gasteiger partial charge in [-0.05, 0) is 73.7 Å². The molecule has 0 aromatic heterocycles. The van der Waals surface area contributed by atoms with Gasteiger partial charge >= 0.3 is 6.18 Å². The molecule has 2 heterocycles. The molecule has 0 radical (unpaired) electrons. The van der Waals surface area contributed by atoms with Gasteiger partial charge in [-0.1, -0.05) is 36.4 Å². The van der Waals surface area contributed by atoms with Crippen LogP contribution in [0.1, 0.15) is 30.0 Å². The summed E-state index contributed by atoms with van der Waals surface area (Å²) in [5, 5.41) is 0. The van der Waals surface area contributed by atoms with Gasteiger partial charge in [-0.2, -0.15) is 13.2 Å². The van der Waals surface area contributed by atoms with Gasteiger partial charge in [0.15, 0.2) is 0 Å². The quantitative estimate of drug-likeness (QED) is 0.467. The van der Waals surface area contributed by atoms with Crippen molar-refractivity contribution in [3.05, 3.63) is 89.5 Å². The Morgan fingerprint density at radius 2 is 1.68 bits per heavy atom. The third kappa shape index (κ3) is 3.78. The monoisotopic (exact) mass is 422 g/mol. The first-order valence-corrected chi connectivity index (χ1v) is 10.8. The number of rotatable bonds is 4. The first-order valence-electron chi connectivity index (χ1n) is 10.8. The molecule has 0 spiro atoms. The van der Waals surface area contributed by atoms with Gasteiger partial charge in [0.1, 0.15) is 0 Å². The molecule has 5 rings (SSSR count). The lowest BCUT2D eigenvalue weighted by Crippen LogP contribution is -2.45. The number of anilines is 3. The molecule has 31 heavy (non-hydrogen) atoms. The Morgan fingerprint density at radius 1 is 0.903 bits per heavy atom. The predicted molar refractivity (Wildman–Crippen MR) is 119 cm³/mol. The molecule has 3 aromatic carbocycles. The van der Waals surface area contributed by atoms with Crippen LogP contribution in [0.2, 0.25) is 0 Å². The number of nitrogens with zero attached hydrogens (tertiary/aromatic N) is 2. The van der Waals surface area contributed by atoms with Crippen LogP contribution >= 0.6 is 0 Å². The van der Waals surface area contributed by atoms with Crippen molar-refractivity contribution in [2.24, 2.45) is 0 Å². The Kier molecular flexibility index (Phi) is 4.92. The van der Waals surface area contributed by atoms with Gasteiger partial charge in [-0.15, -0.1) is 0 Å². The summed E-state index contributed by atoms with van der Waals surface area (Å²) >= 11 is 0. The summed E-state index contributed by atoms with van der Waals surface area (Å²) in [5.74, 6) is 0. The molecule has 0 amide bonds. The lowest BCUT2D eigenvalue weighted by molar-refractivity contribution is -0.137. The number of benzene rings is 3. The average Bonchev–Trinajstić information content (AvgIpc) is 3.10. The molecule has 0 N–H and O–H groups in total. The summed E-state index contributed by atoms with van der Waals surface area (Å²) < 4.78 is 40.0. The second-order valence-corrected chi connectivity index (χ2v) is 8.61. The van der Waals surface area contributed by atoms with Crippen molar-refractivity contribution in [2.75, 3.05) is 16.3 Å². The van der Waals surface area contributed by atoms with Gasteiger partial charge in [0, 0.05) is 35.7 Å². The van der Waals surface area contributed by atoms with Gasteiger partial charge in [0.2, 0.25) is 0 Å². The Balaban J connectivity index is 1.54. The Labute approximate surface area is 180 Å². The maximum absolute atomic E-state index is 13.3. The highest BCUT2D eigenvalue weighted by Crippen LogP contribution is 2.43. The van der Waals surface area contributed by atoms with Gasteiger partial charge in [0.05, 0.1) is 5.56 Å². The molecule has 0 bridgehead atoms. The first-order chi connectivity index (χ1) is 14.9. The highest BCUT2D eigenvalue weighted by molar-refractivity contribution is 5.74. The van der Waals surface area contributed by atoms with Crippen LogP contribution in [0.4, 0.5) is 30.2 Å². The number of fused-ring (bicyclic) bond motifs is 1. The van der Waals surface area contributed by atoms with Crippen LogP contribution in [0.5, 0.6) is 0 Å². The first kappa shape index (κ1) is 20.0. The van der Waals surface area contributed by atoms with Crippen LogP contribution < -0.4 is 9.80 Å². The number of halogens is 3. The molecule has 2 aliphatic rings. The zero-order chi connectivity index (χ0) is 21.6. The second-order valence-electron chi connectivity index (χ2n) is 8.61. The molecular weight excluding hydrogens is 397 g/mol. The molecule has 5 heteroatoms. The van der Waals surface area contributed by atoms with Crippen LogP contribution in [0.25, 0.3) is 0 Å². The fourth-order valence-corrected chi connectivity index (χ4v) is 4.82. The normalized spacial score (nSPS) is 20.5. The summed E-state index contributed by atoms with van der Waals surface area (Å²) in [6.07, 6.45) is -1.77. The molecule has 0 aliphatic carbocycles. The highest BCUT2D eigenvalue weighted by atomic mass is 19.4. The fraction of sp³-hybridized carbons (Fsp3) is 0.308. The third-order valence-corrected chi connectivity index (χ3v) is 6.56. The average molecular weight is 422 g/mol. The summed E-state index contributed by atoms with van der Waals surface area (Å²) in [7, 11) is 0. The topological polar surface area (TPSA) is 6.48 Å². The van der Waals surface area contributed by atoms with E-state index >= 15 is 0 Å². The smallest absolute Gasteiger partial charge is 0.369 e. The SMILES string of the molecule is CC1CCN1c1cccc(N2c3ccc(C(F)(F)F)cc3CC2Cc2ccccc2)c1. The number of hydrogen-bond acceptors (Lipinski definition) is 2. The highest BCUT2D eigenvalue weighted by Gasteiger charge is 2.36. The van der Waals surface area contributed by atoms with Crippen molar-refractivity contribution < 1.29 is 13.2 Å². The van der Waals surface area contributed by atoms with Crippen LogP contribution in [0, 0.1) is 0 Å². The van der Waals surface area contributed by atoms with Crippen molar-refractivity contribution in [3.8, 4) is 0 Å². The second kappa shape index (κ2) is 7.63. The van der Waals surface area contributed by atoms with E-state index in [1.165, 1.54) is 29.8 Å². The zero-order valence-corrected chi connectivity index (χ0v) is 17.4. The maximum atomic E-state index is 13.3. The molecule has 160 valence electrons. The minimum Gasteiger partial charge on any atom is -0.369 e. The van der Waals surface area contributed by atoms with Gasteiger partial charge in [0.25, 0.3) is 0 Å². The van der Waals surface area contributed by atoms with E-state index in [9.17, 15) is 13.2 Å². The lowest BCUT2D eigenvalue weighted by Gasteiger charge is -2.41. The molecule has 0 saturated carbocycles. The maximum Gasteiger partial charge on any atom is 0.416 e. The van der Waals surface area contributed by atoms with Gasteiger partial charge in [-0.25, -0.2) is 0 Å². The minimum atomic E-state index is -4.33. The largest absolute Gasteiger partial charge is 0.416 e. The third-order valence-electron chi connectivity index (χ3n) is 6.56. The van der Waals surface area contributed by atoms with E-state index in [0.717, 1.165) is 29.9 Å². The van der Waals surface area contributed by atoms with Crippen LogP contribution in [-0.4, -0.2) is 18.6 Å². The standard InChI is InChI=1S/C26H25F3N2/c1-18-12-13-30(18)22-8-5-9-23(17-22)31-24(14-19-6-3-2-4-7-19)16-20-15-21(26(27,28)29)10-11-25(20)31/h2-11,15,17-18,24H,12-14,16H2,1H3. The number of alkyl halides is 3. The summed E-state index contributed by atoms with van der Waals surface area (Å²) in [4.78, 5) is 4.61. The van der Waals surface area contributed by atoms with E-state index in [1.54, 1.807) is 6.07 Å². The van der Waals surface area contributed by atoms with Crippen molar-refractivity contribution >= 4 is 17.1 Å². The van der Waals surface area contributed by atoms with Crippen molar-refractivity contribution in [1.82, 2.24) is 0 Å². The van der Waals surface area contributed by atoms with E-state index in [-0.39, 0.29) is 6.04 Å². The van der Waals surface area contributed by atoms with E-state index in [1.807, 2.05) is 18.2 Å². The molecule has 3 aromatic rings. The predicted octanol–water partition coefficient (Wildman–Crippen LogP) is 6.61. The minimum absolute atomic E-state index is 0.0740. The molecular formula is C26H25F3N2. The Morgan fingerprint density at radius 3 is 2.35 bits per heavy atom.